The van der Waals surface area contributed by atoms with Crippen molar-refractivity contribution in [2.24, 2.45) is 0 Å². The van der Waals surface area contributed by atoms with Crippen LogP contribution in [0.5, 0.6) is 0 Å². The van der Waals surface area contributed by atoms with Crippen molar-refractivity contribution < 1.29 is 4.74 Å². The molecule has 1 N–H and O–H groups in total. The lowest BCUT2D eigenvalue weighted by Gasteiger charge is -2.12. The van der Waals surface area contributed by atoms with Crippen LogP contribution in [0.2, 0.25) is 0 Å². The van der Waals surface area contributed by atoms with Gasteiger partial charge in [0.05, 0.1) is 12.8 Å². The number of hydrogen-bond donors (Lipinski definition) is 1. The lowest BCUT2D eigenvalue weighted by molar-refractivity contribution is 0.0475. The molecular formula is C17H27NO. The first-order chi connectivity index (χ1) is 9.40. The van der Waals surface area contributed by atoms with Gasteiger partial charge in [0.2, 0.25) is 0 Å². The molecule has 0 heterocycles. The Labute approximate surface area is 117 Å². The first kappa shape index (κ1) is 14.5. The van der Waals surface area contributed by atoms with Crippen molar-refractivity contribution in [3.05, 3.63) is 35.4 Å². The summed E-state index contributed by atoms with van der Waals surface area (Å²) in [4.78, 5) is 0. The Morgan fingerprint density at radius 3 is 2.42 bits per heavy atom. The molecule has 0 saturated carbocycles. The zero-order valence-electron chi connectivity index (χ0n) is 12.2. The monoisotopic (exact) mass is 261 g/mol. The Bertz CT molecular complexity index is 339. The Morgan fingerprint density at radius 2 is 1.74 bits per heavy atom. The van der Waals surface area contributed by atoms with Gasteiger partial charge in [0.25, 0.3) is 0 Å². The smallest absolute Gasteiger partial charge is 0.0969 e. The minimum atomic E-state index is 0.380. The third kappa shape index (κ3) is 4.96. The third-order valence-electron chi connectivity index (χ3n) is 3.89. The van der Waals surface area contributed by atoms with Crippen molar-refractivity contribution in [1.82, 2.24) is 5.32 Å². The van der Waals surface area contributed by atoms with Crippen LogP contribution in [0.25, 0.3) is 0 Å². The SMILES string of the molecule is CCCCCCCNCOC1Cc2ccccc2C1. The fourth-order valence-electron chi connectivity index (χ4n) is 2.74. The molecule has 2 heteroatoms. The van der Waals surface area contributed by atoms with Crippen LogP contribution in [0.4, 0.5) is 0 Å². The van der Waals surface area contributed by atoms with E-state index >= 15 is 0 Å². The van der Waals surface area contributed by atoms with Crippen LogP contribution in [0, 0.1) is 0 Å². The van der Waals surface area contributed by atoms with Gasteiger partial charge in [-0.2, -0.15) is 0 Å². The second-order valence-corrected chi connectivity index (χ2v) is 5.52. The van der Waals surface area contributed by atoms with Gasteiger partial charge < -0.3 is 4.74 Å². The average Bonchev–Trinajstić information content (AvgIpc) is 2.84. The van der Waals surface area contributed by atoms with Gasteiger partial charge in [0.1, 0.15) is 0 Å². The zero-order chi connectivity index (χ0) is 13.3. The van der Waals surface area contributed by atoms with Crippen molar-refractivity contribution in [2.45, 2.75) is 58.0 Å². The summed E-state index contributed by atoms with van der Waals surface area (Å²) in [5.74, 6) is 0. The highest BCUT2D eigenvalue weighted by Gasteiger charge is 2.20. The van der Waals surface area contributed by atoms with E-state index in [1.54, 1.807) is 0 Å². The van der Waals surface area contributed by atoms with E-state index < -0.39 is 0 Å². The zero-order valence-corrected chi connectivity index (χ0v) is 12.2. The molecule has 0 bridgehead atoms. The minimum absolute atomic E-state index is 0.380. The Morgan fingerprint density at radius 1 is 1.05 bits per heavy atom. The van der Waals surface area contributed by atoms with Crippen molar-refractivity contribution in [1.29, 1.82) is 0 Å². The third-order valence-corrected chi connectivity index (χ3v) is 3.89. The predicted molar refractivity (Wildman–Crippen MR) is 80.4 cm³/mol. The number of rotatable bonds is 9. The first-order valence-electron chi connectivity index (χ1n) is 7.79. The van der Waals surface area contributed by atoms with Gasteiger partial charge in [-0.05, 0) is 36.9 Å². The number of ether oxygens (including phenoxy) is 1. The minimum Gasteiger partial charge on any atom is -0.362 e. The van der Waals surface area contributed by atoms with Gasteiger partial charge in [-0.25, -0.2) is 0 Å². The normalized spacial score (nSPS) is 14.8. The van der Waals surface area contributed by atoms with E-state index in [2.05, 4.69) is 36.5 Å². The molecule has 0 aromatic heterocycles. The molecule has 0 saturated heterocycles. The van der Waals surface area contributed by atoms with Gasteiger partial charge in [0.15, 0.2) is 0 Å². The number of hydrogen-bond acceptors (Lipinski definition) is 2. The average molecular weight is 261 g/mol. The van der Waals surface area contributed by atoms with Crippen molar-refractivity contribution in [3.63, 3.8) is 0 Å². The topological polar surface area (TPSA) is 21.3 Å². The Balaban J connectivity index is 1.49. The molecule has 2 nitrogen and oxygen atoms in total. The molecule has 1 aromatic carbocycles. The van der Waals surface area contributed by atoms with Gasteiger partial charge in [-0.3, -0.25) is 5.32 Å². The summed E-state index contributed by atoms with van der Waals surface area (Å²) >= 11 is 0. The van der Waals surface area contributed by atoms with Crippen molar-refractivity contribution in [2.75, 3.05) is 13.3 Å². The molecule has 0 aliphatic heterocycles. The maximum absolute atomic E-state index is 5.90. The molecule has 0 amide bonds. The highest BCUT2D eigenvalue weighted by Crippen LogP contribution is 2.23. The fraction of sp³-hybridized carbons (Fsp3) is 0.647. The number of nitrogens with one attached hydrogen (secondary N) is 1. The molecule has 2 rings (SSSR count). The van der Waals surface area contributed by atoms with E-state index in [9.17, 15) is 0 Å². The molecule has 106 valence electrons. The van der Waals surface area contributed by atoms with Crippen LogP contribution in [0.1, 0.15) is 50.2 Å². The number of unbranched alkanes of at least 4 members (excludes halogenated alkanes) is 4. The summed E-state index contributed by atoms with van der Waals surface area (Å²) < 4.78 is 5.90. The van der Waals surface area contributed by atoms with Crippen molar-refractivity contribution >= 4 is 0 Å². The molecule has 1 aliphatic rings. The highest BCUT2D eigenvalue weighted by atomic mass is 16.5. The molecule has 0 unspecified atom stereocenters. The van der Waals surface area contributed by atoms with E-state index in [1.165, 1.54) is 43.2 Å². The summed E-state index contributed by atoms with van der Waals surface area (Å²) in [5.41, 5.74) is 2.93. The maximum atomic E-state index is 5.90. The molecule has 1 aromatic rings. The fourth-order valence-corrected chi connectivity index (χ4v) is 2.74. The number of benzene rings is 1. The summed E-state index contributed by atoms with van der Waals surface area (Å²) in [6.07, 6.45) is 9.21. The van der Waals surface area contributed by atoms with Crippen LogP contribution in [-0.4, -0.2) is 19.4 Å². The quantitative estimate of drug-likeness (QED) is 0.541. The summed E-state index contributed by atoms with van der Waals surface area (Å²) in [7, 11) is 0. The Hall–Kier alpha value is -0.860. The maximum Gasteiger partial charge on any atom is 0.0969 e. The predicted octanol–water partition coefficient (Wildman–Crippen LogP) is 3.69. The van der Waals surface area contributed by atoms with Gasteiger partial charge >= 0.3 is 0 Å². The van der Waals surface area contributed by atoms with E-state index in [1.807, 2.05) is 0 Å². The standard InChI is InChI=1S/C17H27NO/c1-2-3-4-5-8-11-18-14-19-17-12-15-9-6-7-10-16(15)13-17/h6-7,9-10,17-18H,2-5,8,11-14H2,1H3. The summed E-state index contributed by atoms with van der Waals surface area (Å²) in [6, 6.07) is 8.69. The lowest BCUT2D eigenvalue weighted by atomic mass is 10.1. The van der Waals surface area contributed by atoms with E-state index in [-0.39, 0.29) is 0 Å². The van der Waals surface area contributed by atoms with Crippen LogP contribution in [-0.2, 0) is 17.6 Å². The van der Waals surface area contributed by atoms with Crippen LogP contribution < -0.4 is 5.32 Å². The summed E-state index contributed by atoms with van der Waals surface area (Å²) in [5, 5.41) is 3.39. The van der Waals surface area contributed by atoms with Crippen molar-refractivity contribution in [3.8, 4) is 0 Å². The lowest BCUT2D eigenvalue weighted by Crippen LogP contribution is -2.24. The van der Waals surface area contributed by atoms with Crippen LogP contribution in [0.3, 0.4) is 0 Å². The van der Waals surface area contributed by atoms with Gasteiger partial charge in [-0.15, -0.1) is 0 Å². The molecular weight excluding hydrogens is 234 g/mol. The highest BCUT2D eigenvalue weighted by molar-refractivity contribution is 5.32. The van der Waals surface area contributed by atoms with E-state index in [4.69, 9.17) is 4.74 Å². The van der Waals surface area contributed by atoms with E-state index in [0.717, 1.165) is 19.4 Å². The molecule has 1 aliphatic carbocycles. The van der Waals surface area contributed by atoms with Gasteiger partial charge in [-0.1, -0.05) is 56.9 Å². The first-order valence-corrected chi connectivity index (χ1v) is 7.79. The second kappa shape index (κ2) is 8.34. The van der Waals surface area contributed by atoms with E-state index in [0.29, 0.717) is 12.8 Å². The second-order valence-electron chi connectivity index (χ2n) is 5.52. The molecule has 0 atom stereocenters. The molecule has 0 radical (unpaired) electrons. The Kier molecular flexibility index (Phi) is 6.38. The molecule has 0 fully saturated rings. The molecule has 19 heavy (non-hydrogen) atoms. The molecule has 0 spiro atoms. The number of fused-ring (bicyclic) bond motifs is 1. The van der Waals surface area contributed by atoms with Crippen LogP contribution in [0.15, 0.2) is 24.3 Å². The van der Waals surface area contributed by atoms with Crippen LogP contribution >= 0.6 is 0 Å². The summed E-state index contributed by atoms with van der Waals surface area (Å²) in [6.45, 7) is 4.04. The largest absolute Gasteiger partial charge is 0.362 e. The van der Waals surface area contributed by atoms with Gasteiger partial charge in [0, 0.05) is 0 Å².